The van der Waals surface area contributed by atoms with Crippen molar-refractivity contribution in [3.05, 3.63) is 82.4 Å². The monoisotopic (exact) mass is 393 g/mol. The van der Waals surface area contributed by atoms with Crippen molar-refractivity contribution in [3.63, 3.8) is 0 Å². The molecule has 4 rings (SSSR count). The highest BCUT2D eigenvalue weighted by Gasteiger charge is 2.34. The third kappa shape index (κ3) is 2.81. The molecule has 0 saturated carbocycles. The van der Waals surface area contributed by atoms with E-state index in [9.17, 15) is 23.5 Å². The molecule has 7 heteroatoms. The fourth-order valence-electron chi connectivity index (χ4n) is 3.33. The Morgan fingerprint density at radius 2 is 1.46 bits per heavy atom. The van der Waals surface area contributed by atoms with Gasteiger partial charge in [-0.25, -0.2) is 4.21 Å². The number of carbonyl (C=O) groups is 2. The first-order valence-electron chi connectivity index (χ1n) is 8.41. The maximum Gasteiger partial charge on any atom is 0.198 e. The summed E-state index contributed by atoms with van der Waals surface area (Å²) < 4.78 is 21.3. The minimum Gasteiger partial charge on any atom is -0.507 e. The van der Waals surface area contributed by atoms with Crippen LogP contribution >= 0.6 is 0 Å². The fourth-order valence-corrected chi connectivity index (χ4v) is 3.93. The lowest BCUT2D eigenvalue weighted by molar-refractivity contribution is 0.0977. The molecule has 1 atom stereocenters. The standard InChI is InChI=1S/C21H15NO5S/c1-11-6-7-14(17(10-11)28(26)27)22-15-8-9-16(23)19-18(15)20(24)12-4-2-3-5-13(12)21(19)25/h2-10,22-23H,1H3,(H,26,27). The molecule has 3 aromatic carbocycles. The zero-order valence-corrected chi connectivity index (χ0v) is 15.5. The maximum absolute atomic E-state index is 13.1. The lowest BCUT2D eigenvalue weighted by Gasteiger charge is -2.22. The largest absolute Gasteiger partial charge is 0.507 e. The summed E-state index contributed by atoms with van der Waals surface area (Å²) in [4.78, 5) is 26.1. The predicted octanol–water partition coefficient (Wildman–Crippen LogP) is 3.80. The summed E-state index contributed by atoms with van der Waals surface area (Å²) in [5.41, 5.74) is 1.86. The Kier molecular flexibility index (Phi) is 4.33. The van der Waals surface area contributed by atoms with E-state index in [4.69, 9.17) is 0 Å². The van der Waals surface area contributed by atoms with E-state index in [0.29, 0.717) is 5.69 Å². The van der Waals surface area contributed by atoms with Gasteiger partial charge in [0.1, 0.15) is 5.75 Å². The topological polar surface area (TPSA) is 104 Å². The van der Waals surface area contributed by atoms with Gasteiger partial charge in [0, 0.05) is 11.1 Å². The molecular formula is C21H15NO5S. The average molecular weight is 393 g/mol. The van der Waals surface area contributed by atoms with Crippen LogP contribution in [-0.4, -0.2) is 25.4 Å². The number of phenolic OH excluding ortho intramolecular Hbond substituents is 1. The van der Waals surface area contributed by atoms with E-state index in [1.54, 1.807) is 49.4 Å². The van der Waals surface area contributed by atoms with E-state index in [1.165, 1.54) is 12.1 Å². The number of aromatic hydroxyl groups is 1. The summed E-state index contributed by atoms with van der Waals surface area (Å²) in [5.74, 6) is -1.13. The summed E-state index contributed by atoms with van der Waals surface area (Å²) >= 11 is -2.25. The third-order valence-electron chi connectivity index (χ3n) is 4.65. The van der Waals surface area contributed by atoms with Gasteiger partial charge in [-0.3, -0.25) is 9.59 Å². The molecule has 0 aliphatic heterocycles. The number of ketones is 2. The van der Waals surface area contributed by atoms with Gasteiger partial charge in [-0.2, -0.15) is 0 Å². The van der Waals surface area contributed by atoms with Crippen molar-refractivity contribution < 1.29 is 23.5 Å². The second kappa shape index (κ2) is 6.70. The van der Waals surface area contributed by atoms with Crippen molar-refractivity contribution >= 4 is 34.0 Å². The minimum absolute atomic E-state index is 0.0407. The first-order valence-corrected chi connectivity index (χ1v) is 9.52. The SMILES string of the molecule is Cc1ccc(Nc2ccc(O)c3c2C(=O)c2ccccc2C3=O)c(S(=O)O)c1. The Balaban J connectivity index is 1.90. The molecule has 0 heterocycles. The van der Waals surface area contributed by atoms with Crippen LogP contribution < -0.4 is 5.32 Å². The molecule has 0 fully saturated rings. The molecule has 3 aromatic rings. The number of benzene rings is 3. The van der Waals surface area contributed by atoms with Crippen molar-refractivity contribution in [1.82, 2.24) is 0 Å². The van der Waals surface area contributed by atoms with Crippen LogP contribution in [0.5, 0.6) is 5.75 Å². The summed E-state index contributed by atoms with van der Waals surface area (Å²) in [6.45, 7) is 1.79. The number of hydrogen-bond acceptors (Lipinski definition) is 5. The number of carbonyl (C=O) groups excluding carboxylic acids is 2. The molecule has 0 radical (unpaired) electrons. The van der Waals surface area contributed by atoms with Crippen LogP contribution in [0.2, 0.25) is 0 Å². The smallest absolute Gasteiger partial charge is 0.198 e. The average Bonchev–Trinajstić information content (AvgIpc) is 2.68. The van der Waals surface area contributed by atoms with E-state index >= 15 is 0 Å². The predicted molar refractivity (Wildman–Crippen MR) is 105 cm³/mol. The maximum atomic E-state index is 13.1. The Labute approximate surface area is 163 Å². The number of nitrogens with one attached hydrogen (secondary N) is 1. The Bertz CT molecular complexity index is 1190. The number of rotatable bonds is 3. The summed E-state index contributed by atoms with van der Waals surface area (Å²) in [6.07, 6.45) is 0. The molecule has 1 aliphatic rings. The third-order valence-corrected chi connectivity index (χ3v) is 5.36. The van der Waals surface area contributed by atoms with E-state index < -0.39 is 22.6 Å². The molecule has 28 heavy (non-hydrogen) atoms. The Hall–Kier alpha value is -3.29. The van der Waals surface area contributed by atoms with E-state index in [0.717, 1.165) is 5.56 Å². The quantitative estimate of drug-likeness (QED) is 0.361. The van der Waals surface area contributed by atoms with Gasteiger partial charge in [-0.05, 0) is 36.8 Å². The van der Waals surface area contributed by atoms with Crippen LogP contribution in [-0.2, 0) is 11.1 Å². The van der Waals surface area contributed by atoms with Crippen LogP contribution in [0.3, 0.4) is 0 Å². The number of phenols is 1. The molecule has 1 unspecified atom stereocenters. The van der Waals surface area contributed by atoms with Gasteiger partial charge >= 0.3 is 0 Å². The molecule has 0 amide bonds. The van der Waals surface area contributed by atoms with Crippen LogP contribution in [0.25, 0.3) is 0 Å². The zero-order chi connectivity index (χ0) is 20.0. The van der Waals surface area contributed by atoms with Crippen molar-refractivity contribution in [2.45, 2.75) is 11.8 Å². The first kappa shape index (κ1) is 18.1. The molecule has 3 N–H and O–H groups in total. The summed E-state index contributed by atoms with van der Waals surface area (Å²) in [6, 6.07) is 14.2. The second-order valence-electron chi connectivity index (χ2n) is 6.46. The van der Waals surface area contributed by atoms with Gasteiger partial charge < -0.3 is 15.0 Å². The molecule has 0 saturated heterocycles. The molecule has 140 valence electrons. The lowest BCUT2D eigenvalue weighted by atomic mass is 9.82. The number of fused-ring (bicyclic) bond motifs is 2. The molecule has 0 aromatic heterocycles. The summed E-state index contributed by atoms with van der Waals surface area (Å²) in [7, 11) is 0. The van der Waals surface area contributed by atoms with Crippen molar-refractivity contribution in [2.24, 2.45) is 0 Å². The number of hydrogen-bond donors (Lipinski definition) is 3. The highest BCUT2D eigenvalue weighted by Crippen LogP contribution is 2.38. The zero-order valence-electron chi connectivity index (χ0n) is 14.7. The fraction of sp³-hybridized carbons (Fsp3) is 0.0476. The van der Waals surface area contributed by atoms with E-state index in [2.05, 4.69) is 5.32 Å². The van der Waals surface area contributed by atoms with Crippen LogP contribution in [0.4, 0.5) is 11.4 Å². The Morgan fingerprint density at radius 1 is 0.857 bits per heavy atom. The molecular weight excluding hydrogens is 378 g/mol. The minimum atomic E-state index is -2.25. The van der Waals surface area contributed by atoms with E-state index in [1.807, 2.05) is 0 Å². The summed E-state index contributed by atoms with van der Waals surface area (Å²) in [5, 5.41) is 13.2. The highest BCUT2D eigenvalue weighted by atomic mass is 32.2. The van der Waals surface area contributed by atoms with Crippen LogP contribution in [0.15, 0.2) is 59.5 Å². The van der Waals surface area contributed by atoms with Crippen molar-refractivity contribution in [1.29, 1.82) is 0 Å². The first-order chi connectivity index (χ1) is 13.4. The van der Waals surface area contributed by atoms with Gasteiger partial charge in [-0.1, -0.05) is 30.3 Å². The molecule has 6 nitrogen and oxygen atoms in total. The van der Waals surface area contributed by atoms with Gasteiger partial charge in [0.05, 0.1) is 27.4 Å². The number of aryl methyl sites for hydroxylation is 1. The normalized spacial score (nSPS) is 13.6. The van der Waals surface area contributed by atoms with Gasteiger partial charge in [0.15, 0.2) is 22.6 Å². The molecule has 0 bridgehead atoms. The lowest BCUT2D eigenvalue weighted by Crippen LogP contribution is -2.22. The van der Waals surface area contributed by atoms with Crippen molar-refractivity contribution in [3.8, 4) is 5.75 Å². The van der Waals surface area contributed by atoms with Crippen molar-refractivity contribution in [2.75, 3.05) is 5.32 Å². The van der Waals surface area contributed by atoms with E-state index in [-0.39, 0.29) is 38.6 Å². The van der Waals surface area contributed by atoms with Crippen LogP contribution in [0.1, 0.15) is 37.4 Å². The van der Waals surface area contributed by atoms with Crippen LogP contribution in [0, 0.1) is 6.92 Å². The van der Waals surface area contributed by atoms with Gasteiger partial charge in [-0.15, -0.1) is 0 Å². The number of anilines is 2. The second-order valence-corrected chi connectivity index (χ2v) is 7.40. The molecule has 1 aliphatic carbocycles. The Morgan fingerprint density at radius 3 is 2.11 bits per heavy atom. The molecule has 0 spiro atoms. The van der Waals surface area contributed by atoms with Gasteiger partial charge in [0.25, 0.3) is 0 Å². The highest BCUT2D eigenvalue weighted by molar-refractivity contribution is 7.79. The van der Waals surface area contributed by atoms with Gasteiger partial charge in [0.2, 0.25) is 0 Å².